The zero-order valence-electron chi connectivity index (χ0n) is 17.1. The monoisotopic (exact) mass is 401 g/mol. The molecule has 0 aromatic carbocycles. The van der Waals surface area contributed by atoms with E-state index in [4.69, 9.17) is 8.85 Å². The molecule has 0 heterocycles. The van der Waals surface area contributed by atoms with Crippen molar-refractivity contribution in [3.8, 4) is 0 Å². The minimum atomic E-state index is -2.54. The molecule has 141 valence electrons. The predicted octanol–water partition coefficient (Wildman–Crippen LogP) is 1.93. The van der Waals surface area contributed by atoms with Gasteiger partial charge in [0.15, 0.2) is 11.6 Å². The van der Waals surface area contributed by atoms with Crippen molar-refractivity contribution >= 4 is 11.6 Å². The average Bonchev–Trinajstić information content (AvgIpc) is 2.60. The van der Waals surface area contributed by atoms with Gasteiger partial charge in [0, 0.05) is 59.9 Å². The van der Waals surface area contributed by atoms with Crippen LogP contribution < -0.4 is 10.6 Å². The van der Waals surface area contributed by atoms with Gasteiger partial charge in [0.1, 0.15) is 0 Å². The van der Waals surface area contributed by atoms with Crippen molar-refractivity contribution in [1.82, 2.24) is 10.6 Å². The van der Waals surface area contributed by atoms with Crippen LogP contribution in [0, 0.1) is 6.92 Å². The number of nitrogens with one attached hydrogen (secondary N) is 2. The largest absolute Gasteiger partial charge is 0.413 e. The van der Waals surface area contributed by atoms with Crippen molar-refractivity contribution in [2.24, 2.45) is 0 Å². The van der Waals surface area contributed by atoms with Crippen LogP contribution in [0.5, 0.6) is 0 Å². The molecule has 0 spiro atoms. The van der Waals surface area contributed by atoms with Gasteiger partial charge in [-0.15, -0.1) is 0 Å². The Morgan fingerprint density at radius 2 is 1.65 bits per heavy atom. The summed E-state index contributed by atoms with van der Waals surface area (Å²) in [5.41, 5.74) is 0.999. The van der Waals surface area contributed by atoms with Gasteiger partial charge in [0.2, 0.25) is 0 Å². The van der Waals surface area contributed by atoms with E-state index in [1.807, 2.05) is 0 Å². The normalized spacial score (nSPS) is 23.2. The Kier molecular flexibility index (Phi) is 7.61. The molecule has 1 radical (unpaired) electrons. The molecule has 0 aromatic heterocycles. The van der Waals surface area contributed by atoms with Crippen LogP contribution >= 0.6 is 0 Å². The second-order valence-corrected chi connectivity index (χ2v) is 5.61. The van der Waals surface area contributed by atoms with E-state index >= 15 is 0 Å². The molecule has 0 fully saturated rings. The third-order valence-electron chi connectivity index (χ3n) is 3.65. The van der Waals surface area contributed by atoms with Gasteiger partial charge in [-0.25, -0.2) is 0 Å². The molecule has 0 aromatic rings. The Bertz CT molecular complexity index is 780. The molecule has 2 unspecified atom stereocenters. The molecule has 0 saturated carbocycles. The molecule has 0 saturated heterocycles. The average molecular weight is 401 g/mol. The summed E-state index contributed by atoms with van der Waals surface area (Å²) in [4.78, 5) is 23.6. The number of ether oxygens (including phenoxy) is 1. The summed E-state index contributed by atoms with van der Waals surface area (Å²) in [6.45, 7) is 4.09. The zero-order valence-corrected chi connectivity index (χ0v) is 15.1. The van der Waals surface area contributed by atoms with Crippen molar-refractivity contribution < 1.29 is 35.2 Å². The number of ketones is 2. The second kappa shape index (κ2) is 11.5. The molecule has 6 heteroatoms. The number of hydrogen-bond donors (Lipinski definition) is 2. The molecule has 26 heavy (non-hydrogen) atoms. The van der Waals surface area contributed by atoms with Crippen LogP contribution in [-0.4, -0.2) is 37.3 Å². The van der Waals surface area contributed by atoms with Crippen molar-refractivity contribution in [3.63, 3.8) is 0 Å². The Balaban J connectivity index is 0.00000420. The quantitative estimate of drug-likeness (QED) is 0.481. The summed E-state index contributed by atoms with van der Waals surface area (Å²) in [7, 11) is -2.54. The summed E-state index contributed by atoms with van der Waals surface area (Å²) < 4.78 is 26.5. The van der Waals surface area contributed by atoms with Gasteiger partial charge in [0.25, 0.3) is 0 Å². The van der Waals surface area contributed by atoms with Crippen molar-refractivity contribution in [1.29, 1.82) is 0 Å². The smallest absolute Gasteiger partial charge is 0.187 e. The summed E-state index contributed by atoms with van der Waals surface area (Å²) in [6.07, 6.45) is 15.8. The summed E-state index contributed by atoms with van der Waals surface area (Å²) in [6, 6.07) is -0.292. The number of carbonyl (C=O) groups is 2. The Morgan fingerprint density at radius 1 is 1.08 bits per heavy atom. The van der Waals surface area contributed by atoms with E-state index < -0.39 is 13.1 Å². The maximum absolute atomic E-state index is 11.8. The van der Waals surface area contributed by atoms with E-state index in [1.165, 1.54) is 12.2 Å². The predicted molar refractivity (Wildman–Crippen MR) is 98.4 cm³/mol. The number of rotatable bonds is 8. The fraction of sp³-hybridized carbons (Fsp3) is 0.250. The molecule has 5 nitrogen and oxygen atoms in total. The zero-order chi connectivity index (χ0) is 20.6. The summed E-state index contributed by atoms with van der Waals surface area (Å²) in [5, 5.41) is 6.16. The third kappa shape index (κ3) is 6.99. The number of methoxy groups -OCH3 is 1. The molecule has 2 aliphatic rings. The third-order valence-corrected chi connectivity index (χ3v) is 3.65. The molecule has 0 aliphatic heterocycles. The molecule has 2 atom stereocenters. The number of allylic oxidation sites excluding steroid dienone is 10. The standard InChI is InChI=1S/C20H23N2O3.Co/c1-15(25-2)11-18(22-13-17-8-4-6-10-20(17)24)14-21-12-16-7-3-5-9-19(16)23;/h3-10,12-13,15,18,21-22H,1,11,14H2,2H3;/q-1;/b16-12-,17-13-;/i2D3;. The van der Waals surface area contributed by atoms with E-state index in [0.29, 0.717) is 17.7 Å². The van der Waals surface area contributed by atoms with E-state index in [-0.39, 0.29) is 40.8 Å². The topological polar surface area (TPSA) is 67.4 Å². The molecule has 0 bridgehead atoms. The Labute approximate surface area is 169 Å². The first-order valence-corrected chi connectivity index (χ1v) is 7.93. The molecule has 2 N–H and O–H groups in total. The van der Waals surface area contributed by atoms with Crippen LogP contribution in [0.3, 0.4) is 0 Å². The van der Waals surface area contributed by atoms with Crippen LogP contribution in [-0.2, 0) is 31.1 Å². The van der Waals surface area contributed by atoms with Gasteiger partial charge < -0.3 is 22.3 Å². The van der Waals surface area contributed by atoms with E-state index in [9.17, 15) is 9.59 Å². The second-order valence-electron chi connectivity index (χ2n) is 5.61. The van der Waals surface area contributed by atoms with E-state index in [1.54, 1.807) is 48.9 Å². The van der Waals surface area contributed by atoms with Crippen molar-refractivity contribution in [2.75, 3.05) is 13.6 Å². The molecule has 2 aliphatic carbocycles. The van der Waals surface area contributed by atoms with Gasteiger partial charge >= 0.3 is 0 Å². The number of hydrogen-bond acceptors (Lipinski definition) is 5. The van der Waals surface area contributed by atoms with Gasteiger partial charge in [-0.3, -0.25) is 9.59 Å². The Hall–Kier alpha value is -2.15. The SMILES string of the molecule is [2H]C([2H])([2H])OC([CH2-])CC(CN/C=C1/C=CC=CC1=O)N/C=C1/C=CC=CC1=O.[Co]. The van der Waals surface area contributed by atoms with Gasteiger partial charge in [-0.05, 0) is 30.7 Å². The summed E-state index contributed by atoms with van der Waals surface area (Å²) in [5.74, 6) is -0.231. The van der Waals surface area contributed by atoms with Crippen molar-refractivity contribution in [3.05, 3.63) is 79.1 Å². The van der Waals surface area contributed by atoms with E-state index in [0.717, 1.165) is 0 Å². The van der Waals surface area contributed by atoms with Gasteiger partial charge in [-0.1, -0.05) is 30.4 Å². The fourth-order valence-electron chi connectivity index (χ4n) is 2.29. The van der Waals surface area contributed by atoms with Crippen LogP contribution in [0.15, 0.2) is 72.2 Å². The molecular formula is C20H23CoN2O3-. The van der Waals surface area contributed by atoms with Gasteiger partial charge in [0.05, 0.1) is 4.11 Å². The van der Waals surface area contributed by atoms with Crippen LogP contribution in [0.25, 0.3) is 0 Å². The number of carbonyl (C=O) groups excluding carboxylic acids is 2. The van der Waals surface area contributed by atoms with E-state index in [2.05, 4.69) is 17.6 Å². The minimum absolute atomic E-state index is 0. The molecule has 0 amide bonds. The van der Waals surface area contributed by atoms with Crippen molar-refractivity contribution in [2.45, 2.75) is 18.6 Å². The first kappa shape index (κ1) is 17.3. The maximum Gasteiger partial charge on any atom is 0.187 e. The van der Waals surface area contributed by atoms with Gasteiger partial charge in [-0.2, -0.15) is 0 Å². The Morgan fingerprint density at radius 3 is 2.23 bits per heavy atom. The maximum atomic E-state index is 11.8. The van der Waals surface area contributed by atoms with Crippen LogP contribution in [0.2, 0.25) is 0 Å². The first-order chi connectivity index (χ1) is 13.2. The summed E-state index contributed by atoms with van der Waals surface area (Å²) >= 11 is 0. The molecule has 2 rings (SSSR count). The minimum Gasteiger partial charge on any atom is -0.413 e. The van der Waals surface area contributed by atoms with Crippen LogP contribution in [0.4, 0.5) is 0 Å². The first-order valence-electron chi connectivity index (χ1n) is 9.43. The fourth-order valence-corrected chi connectivity index (χ4v) is 2.29. The van der Waals surface area contributed by atoms with Crippen LogP contribution in [0.1, 0.15) is 10.5 Å². The molecular weight excluding hydrogens is 375 g/mol.